The lowest BCUT2D eigenvalue weighted by Gasteiger charge is -2.60. The average Bonchev–Trinajstić information content (AvgIpc) is 3.75. The summed E-state index contributed by atoms with van der Waals surface area (Å²) in [5.41, 5.74) is 17.2. The highest BCUT2D eigenvalue weighted by atomic mass is 15.0. The molecular weight excluding hydrogens is 629 g/mol. The van der Waals surface area contributed by atoms with Crippen LogP contribution in [0.1, 0.15) is 33.4 Å². The molecule has 0 saturated carbocycles. The molecule has 0 fully saturated rings. The fourth-order valence-corrected chi connectivity index (χ4v) is 11.3. The predicted octanol–water partition coefficient (Wildman–Crippen LogP) is 11.9. The molecule has 240 valence electrons. The minimum Gasteiger partial charge on any atom is -0.309 e. The maximum absolute atomic E-state index is 2.50. The van der Waals surface area contributed by atoms with E-state index in [0.717, 1.165) is 0 Å². The van der Waals surface area contributed by atoms with Gasteiger partial charge >= 0.3 is 0 Å². The van der Waals surface area contributed by atoms with Crippen molar-refractivity contribution in [1.82, 2.24) is 9.13 Å². The van der Waals surface area contributed by atoms with Crippen LogP contribution in [0.5, 0.6) is 0 Å². The molecule has 2 nitrogen and oxygen atoms in total. The summed E-state index contributed by atoms with van der Waals surface area (Å²) < 4.78 is 5.01. The molecule has 0 spiro atoms. The van der Waals surface area contributed by atoms with Crippen LogP contribution in [0.25, 0.3) is 66.1 Å². The van der Waals surface area contributed by atoms with Crippen LogP contribution < -0.4 is 0 Å². The van der Waals surface area contributed by atoms with Crippen molar-refractivity contribution in [2.24, 2.45) is 0 Å². The van der Waals surface area contributed by atoms with Crippen LogP contribution in [0.2, 0.25) is 0 Å². The van der Waals surface area contributed by atoms with Crippen molar-refractivity contribution >= 4 is 43.6 Å². The first-order valence-electron chi connectivity index (χ1n) is 18.3. The molecule has 0 unspecified atom stereocenters. The molecule has 13 rings (SSSR count). The van der Waals surface area contributed by atoms with Gasteiger partial charge in [0.1, 0.15) is 0 Å². The summed E-state index contributed by atoms with van der Waals surface area (Å²) >= 11 is 0. The van der Waals surface area contributed by atoms with E-state index in [2.05, 4.69) is 191 Å². The molecule has 2 aromatic heterocycles. The summed E-state index contributed by atoms with van der Waals surface area (Å²) in [5.74, 6) is 0. The monoisotopic (exact) mass is 658 g/mol. The molecule has 0 atom stereocenters. The Kier molecular flexibility index (Phi) is 4.78. The first kappa shape index (κ1) is 27.1. The highest BCUT2D eigenvalue weighted by Gasteiger charge is 2.66. The Labute approximate surface area is 300 Å². The van der Waals surface area contributed by atoms with E-state index in [1.54, 1.807) is 0 Å². The van der Waals surface area contributed by atoms with Gasteiger partial charge < -0.3 is 9.13 Å². The summed E-state index contributed by atoms with van der Waals surface area (Å²) in [7, 11) is 0. The van der Waals surface area contributed by atoms with Crippen molar-refractivity contribution in [2.75, 3.05) is 0 Å². The summed E-state index contributed by atoms with van der Waals surface area (Å²) in [6.45, 7) is 0. The van der Waals surface area contributed by atoms with Crippen molar-refractivity contribution in [2.45, 2.75) is 10.8 Å². The lowest BCUT2D eigenvalue weighted by atomic mass is 9.40. The van der Waals surface area contributed by atoms with Gasteiger partial charge in [0.05, 0.1) is 32.9 Å². The van der Waals surface area contributed by atoms with E-state index in [1.807, 2.05) is 0 Å². The van der Waals surface area contributed by atoms with Crippen LogP contribution in [0.4, 0.5) is 0 Å². The summed E-state index contributed by atoms with van der Waals surface area (Å²) in [4.78, 5) is 0. The number of fused-ring (bicyclic) bond motifs is 3. The largest absolute Gasteiger partial charge is 0.309 e. The molecule has 52 heavy (non-hydrogen) atoms. The molecular formula is C50H30N2. The van der Waals surface area contributed by atoms with E-state index in [9.17, 15) is 0 Å². The number of benzene rings is 8. The second kappa shape index (κ2) is 9.17. The first-order chi connectivity index (χ1) is 25.8. The normalized spacial score (nSPS) is 18.9. The molecule has 3 aliphatic carbocycles. The lowest BCUT2D eigenvalue weighted by Crippen LogP contribution is -2.57. The minimum atomic E-state index is -0.564. The van der Waals surface area contributed by atoms with Crippen LogP contribution in [0, 0.1) is 0 Å². The molecule has 3 aliphatic rings. The zero-order valence-corrected chi connectivity index (χ0v) is 28.2. The first-order valence-corrected chi connectivity index (χ1v) is 18.3. The number of hydrogen-bond acceptors (Lipinski definition) is 0. The Morgan fingerprint density at radius 2 is 0.538 bits per heavy atom. The Balaban J connectivity index is 1.37. The van der Waals surface area contributed by atoms with E-state index >= 15 is 0 Å². The Morgan fingerprint density at radius 1 is 0.250 bits per heavy atom. The second-order valence-electron chi connectivity index (χ2n) is 14.7. The van der Waals surface area contributed by atoms with E-state index in [4.69, 9.17) is 0 Å². The van der Waals surface area contributed by atoms with Gasteiger partial charge in [-0.2, -0.15) is 0 Å². The quantitative estimate of drug-likeness (QED) is 0.175. The molecule has 2 heterocycles. The van der Waals surface area contributed by atoms with E-state index in [1.165, 1.54) is 99.5 Å². The van der Waals surface area contributed by atoms with E-state index in [0.29, 0.717) is 0 Å². The maximum atomic E-state index is 2.50. The van der Waals surface area contributed by atoms with Crippen molar-refractivity contribution in [3.63, 3.8) is 0 Å². The molecule has 0 N–H and O–H groups in total. The van der Waals surface area contributed by atoms with Crippen molar-refractivity contribution in [3.05, 3.63) is 215 Å². The fraction of sp³-hybridized carbons (Fsp3) is 0.0400. The number of rotatable bonds is 2. The van der Waals surface area contributed by atoms with E-state index in [-0.39, 0.29) is 0 Å². The molecule has 8 aromatic carbocycles. The van der Waals surface area contributed by atoms with Gasteiger partial charge in [-0.25, -0.2) is 0 Å². The topological polar surface area (TPSA) is 9.86 Å². The molecule has 0 bridgehead atoms. The van der Waals surface area contributed by atoms with Gasteiger partial charge in [-0.3, -0.25) is 0 Å². The van der Waals surface area contributed by atoms with Crippen LogP contribution in [0.3, 0.4) is 0 Å². The van der Waals surface area contributed by atoms with Crippen molar-refractivity contribution in [1.29, 1.82) is 0 Å². The molecule has 2 heteroatoms. The fourth-order valence-electron chi connectivity index (χ4n) is 11.3. The second-order valence-corrected chi connectivity index (χ2v) is 14.7. The zero-order chi connectivity index (χ0) is 33.8. The van der Waals surface area contributed by atoms with Gasteiger partial charge in [-0.1, -0.05) is 133 Å². The Morgan fingerprint density at radius 3 is 0.885 bits per heavy atom. The van der Waals surface area contributed by atoms with Gasteiger partial charge in [0.25, 0.3) is 0 Å². The van der Waals surface area contributed by atoms with E-state index < -0.39 is 10.8 Å². The molecule has 0 saturated heterocycles. The van der Waals surface area contributed by atoms with Gasteiger partial charge in [-0.15, -0.1) is 0 Å². The minimum absolute atomic E-state index is 0.564. The maximum Gasteiger partial charge on any atom is 0.0649 e. The Hall–Kier alpha value is -6.64. The molecule has 0 amide bonds. The smallest absolute Gasteiger partial charge is 0.0649 e. The van der Waals surface area contributed by atoms with Gasteiger partial charge in [0.2, 0.25) is 0 Å². The third-order valence-electron chi connectivity index (χ3n) is 12.8. The average molecular weight is 659 g/mol. The van der Waals surface area contributed by atoms with Gasteiger partial charge in [0.15, 0.2) is 0 Å². The van der Waals surface area contributed by atoms with Crippen LogP contribution in [-0.2, 0) is 10.8 Å². The molecule has 0 aliphatic heterocycles. The van der Waals surface area contributed by atoms with Gasteiger partial charge in [0, 0.05) is 32.9 Å². The summed E-state index contributed by atoms with van der Waals surface area (Å²) in [5, 5.41) is 5.43. The predicted molar refractivity (Wildman–Crippen MR) is 213 cm³/mol. The van der Waals surface area contributed by atoms with Gasteiger partial charge in [-0.05, 0) is 93.0 Å². The standard InChI is InChI=1S/C50H30N2/c1-3-15-31(16-4-1)51-41-27-11-23-37-45(41)46-38(24-12-28-42(46)51)50-36-22-10-8-20-34(36)33-19-7-9-21-35(33)49(37,50)39-25-13-29-43-47(39)48-40(50)26-14-30-44(48)52(43)32-17-5-2-6-18-32/h1-30H. The highest BCUT2D eigenvalue weighted by Crippen LogP contribution is 2.73. The van der Waals surface area contributed by atoms with Crippen molar-refractivity contribution in [3.8, 4) is 22.5 Å². The van der Waals surface area contributed by atoms with Crippen LogP contribution >= 0.6 is 0 Å². The SMILES string of the molecule is c1ccc(-n2c3cccc4c3c3c(cccc32)C23c5ccccc5-c5ccccc5C42c2cccc4c2c2c3cccc2n4-c2ccccc2)cc1. The lowest BCUT2D eigenvalue weighted by molar-refractivity contribution is 0.419. The highest BCUT2D eigenvalue weighted by molar-refractivity contribution is 6.22. The summed E-state index contributed by atoms with van der Waals surface area (Å²) in [6, 6.07) is 68.9. The van der Waals surface area contributed by atoms with Crippen LogP contribution in [-0.4, -0.2) is 9.13 Å². The number of hydrogen-bond donors (Lipinski definition) is 0. The number of para-hydroxylation sites is 2. The number of aromatic nitrogens is 2. The molecule has 10 aromatic rings. The number of nitrogens with zero attached hydrogens (tertiary/aromatic N) is 2. The summed E-state index contributed by atoms with van der Waals surface area (Å²) in [6.07, 6.45) is 0. The third kappa shape index (κ3) is 2.74. The van der Waals surface area contributed by atoms with Crippen molar-refractivity contribution < 1.29 is 0 Å². The Bertz CT molecular complexity index is 2840. The third-order valence-corrected chi connectivity index (χ3v) is 12.8. The van der Waals surface area contributed by atoms with Crippen LogP contribution in [0.15, 0.2) is 182 Å². The zero-order valence-electron chi connectivity index (χ0n) is 28.2. The molecule has 0 radical (unpaired) electrons.